The smallest absolute Gasteiger partial charge is 0.407 e. The van der Waals surface area contributed by atoms with Crippen molar-refractivity contribution in [1.82, 2.24) is 14.5 Å². The zero-order valence-corrected chi connectivity index (χ0v) is 18.4. The van der Waals surface area contributed by atoms with E-state index in [-0.39, 0.29) is 11.8 Å². The maximum absolute atomic E-state index is 13.4. The fourth-order valence-corrected chi connectivity index (χ4v) is 4.69. The molecule has 1 aliphatic heterocycles. The molecule has 0 unspecified atom stereocenters. The molecule has 0 radical (unpaired) electrons. The average Bonchev–Trinajstić information content (AvgIpc) is 3.26. The van der Waals surface area contributed by atoms with E-state index >= 15 is 0 Å². The summed E-state index contributed by atoms with van der Waals surface area (Å²) in [5.74, 6) is -0.333. The van der Waals surface area contributed by atoms with Crippen molar-refractivity contribution < 1.29 is 14.7 Å². The number of piperidine rings is 1. The second-order valence-corrected chi connectivity index (χ2v) is 8.43. The number of fused-ring (bicyclic) bond motifs is 2. The van der Waals surface area contributed by atoms with Crippen molar-refractivity contribution in [2.24, 2.45) is 5.92 Å². The molecule has 0 saturated carbocycles. The van der Waals surface area contributed by atoms with Crippen LogP contribution in [0.25, 0.3) is 33.3 Å². The van der Waals surface area contributed by atoms with Crippen molar-refractivity contribution in [2.75, 3.05) is 13.1 Å². The molecular formula is C27H22N4O3. The Bertz CT molecular complexity index is 1480. The van der Waals surface area contributed by atoms with Crippen LogP contribution in [-0.4, -0.2) is 44.6 Å². The minimum absolute atomic E-state index is 0.0685. The summed E-state index contributed by atoms with van der Waals surface area (Å²) in [6.45, 7) is 0.689. The lowest BCUT2D eigenvalue weighted by Crippen LogP contribution is -2.40. The summed E-state index contributed by atoms with van der Waals surface area (Å²) in [5.41, 5.74) is 2.81. The lowest BCUT2D eigenvalue weighted by Gasteiger charge is -2.29. The minimum Gasteiger partial charge on any atom is -0.465 e. The molecular weight excluding hydrogens is 428 g/mol. The number of allylic oxidation sites excluding steroid dienone is 1. The number of pyridine rings is 1. The van der Waals surface area contributed by atoms with Gasteiger partial charge in [-0.3, -0.25) is 14.3 Å². The van der Waals surface area contributed by atoms with Crippen LogP contribution >= 0.6 is 0 Å². The highest BCUT2D eigenvalue weighted by atomic mass is 16.4. The number of aromatic nitrogens is 2. The molecule has 168 valence electrons. The summed E-state index contributed by atoms with van der Waals surface area (Å²) < 4.78 is 1.63. The maximum Gasteiger partial charge on any atom is 0.407 e. The predicted octanol–water partition coefficient (Wildman–Crippen LogP) is 5.28. The van der Waals surface area contributed by atoms with Crippen LogP contribution in [0.4, 0.5) is 4.79 Å². The Morgan fingerprint density at radius 1 is 1.06 bits per heavy atom. The van der Waals surface area contributed by atoms with Crippen LogP contribution in [0.2, 0.25) is 0 Å². The van der Waals surface area contributed by atoms with Crippen LogP contribution < -0.4 is 0 Å². The fraction of sp³-hybridized carbons (Fsp3) is 0.185. The normalized spacial score (nSPS) is 14.9. The van der Waals surface area contributed by atoms with Crippen molar-refractivity contribution >= 4 is 45.3 Å². The van der Waals surface area contributed by atoms with Gasteiger partial charge in [-0.25, -0.2) is 4.79 Å². The molecule has 0 bridgehead atoms. The monoisotopic (exact) mass is 450 g/mol. The molecule has 0 spiro atoms. The van der Waals surface area contributed by atoms with Crippen molar-refractivity contribution in [3.8, 4) is 6.07 Å². The molecule has 2 aromatic carbocycles. The summed E-state index contributed by atoms with van der Waals surface area (Å²) in [6.07, 6.45) is 7.14. The van der Waals surface area contributed by atoms with E-state index in [0.717, 1.165) is 27.2 Å². The first-order valence-electron chi connectivity index (χ1n) is 11.1. The van der Waals surface area contributed by atoms with Gasteiger partial charge < -0.3 is 10.0 Å². The minimum atomic E-state index is -0.951. The number of carbonyl (C=O) groups is 2. The Morgan fingerprint density at radius 2 is 1.85 bits per heavy atom. The quantitative estimate of drug-likeness (QED) is 0.428. The van der Waals surface area contributed by atoms with Crippen molar-refractivity contribution in [3.05, 3.63) is 78.2 Å². The van der Waals surface area contributed by atoms with E-state index in [2.05, 4.69) is 11.1 Å². The van der Waals surface area contributed by atoms with Gasteiger partial charge in [0.1, 0.15) is 0 Å². The van der Waals surface area contributed by atoms with Gasteiger partial charge in [0.15, 0.2) is 0 Å². The summed E-state index contributed by atoms with van der Waals surface area (Å²) in [5, 5.41) is 22.1. The van der Waals surface area contributed by atoms with E-state index in [0.29, 0.717) is 37.1 Å². The third-order valence-corrected chi connectivity index (χ3v) is 6.49. The molecule has 1 N–H and O–H groups in total. The Morgan fingerprint density at radius 3 is 2.62 bits per heavy atom. The number of benzene rings is 2. The summed E-state index contributed by atoms with van der Waals surface area (Å²) in [7, 11) is 0. The van der Waals surface area contributed by atoms with Gasteiger partial charge in [-0.05, 0) is 42.0 Å². The average molecular weight is 450 g/mol. The molecule has 1 fully saturated rings. The van der Waals surface area contributed by atoms with Crippen LogP contribution in [0.1, 0.15) is 28.8 Å². The van der Waals surface area contributed by atoms with E-state index in [4.69, 9.17) is 0 Å². The zero-order chi connectivity index (χ0) is 23.7. The molecule has 3 heterocycles. The molecule has 1 amide bonds. The lowest BCUT2D eigenvalue weighted by molar-refractivity contribution is 0.0744. The zero-order valence-electron chi connectivity index (χ0n) is 18.4. The van der Waals surface area contributed by atoms with Gasteiger partial charge in [0.25, 0.3) is 0 Å². The van der Waals surface area contributed by atoms with E-state index < -0.39 is 6.09 Å². The Hall–Kier alpha value is -4.44. The third kappa shape index (κ3) is 3.80. The lowest BCUT2D eigenvalue weighted by atomic mass is 9.96. The third-order valence-electron chi connectivity index (χ3n) is 6.49. The molecule has 1 aliphatic rings. The molecule has 5 rings (SSSR count). The number of carbonyl (C=O) groups excluding carboxylic acids is 1. The topological polar surface area (TPSA) is 99.2 Å². The number of nitrogens with zero attached hydrogens (tertiary/aromatic N) is 4. The van der Waals surface area contributed by atoms with Gasteiger partial charge >= 0.3 is 6.09 Å². The number of amides is 1. The van der Waals surface area contributed by atoms with Crippen LogP contribution in [0, 0.1) is 17.2 Å². The van der Waals surface area contributed by atoms with Gasteiger partial charge in [-0.2, -0.15) is 5.26 Å². The van der Waals surface area contributed by atoms with E-state index in [1.807, 2.05) is 54.6 Å². The summed E-state index contributed by atoms with van der Waals surface area (Å²) >= 11 is 0. The number of rotatable bonds is 3. The van der Waals surface area contributed by atoms with E-state index in [9.17, 15) is 20.0 Å². The molecule has 34 heavy (non-hydrogen) atoms. The predicted molar refractivity (Wildman–Crippen MR) is 130 cm³/mol. The second-order valence-electron chi connectivity index (χ2n) is 8.43. The molecule has 1 saturated heterocycles. The van der Waals surface area contributed by atoms with Gasteiger partial charge in [0.2, 0.25) is 5.91 Å². The van der Waals surface area contributed by atoms with Gasteiger partial charge in [0, 0.05) is 53.9 Å². The molecule has 0 aliphatic carbocycles. The number of hydrogen-bond acceptors (Lipinski definition) is 4. The van der Waals surface area contributed by atoms with Gasteiger partial charge in [-0.1, -0.05) is 36.4 Å². The van der Waals surface area contributed by atoms with Gasteiger partial charge in [0.05, 0.1) is 17.2 Å². The molecule has 2 aromatic heterocycles. The fourth-order valence-electron chi connectivity index (χ4n) is 4.69. The van der Waals surface area contributed by atoms with E-state index in [1.165, 1.54) is 4.90 Å². The van der Waals surface area contributed by atoms with Gasteiger partial charge in [-0.15, -0.1) is 0 Å². The van der Waals surface area contributed by atoms with Crippen molar-refractivity contribution in [1.29, 1.82) is 5.26 Å². The Kier molecular flexibility index (Phi) is 5.56. The number of carboxylic acid groups (broad SMARTS) is 1. The van der Waals surface area contributed by atoms with Crippen LogP contribution in [0.5, 0.6) is 0 Å². The van der Waals surface area contributed by atoms with Crippen molar-refractivity contribution in [2.45, 2.75) is 12.8 Å². The largest absolute Gasteiger partial charge is 0.465 e. The highest BCUT2D eigenvalue weighted by Gasteiger charge is 2.29. The molecule has 7 nitrogen and oxygen atoms in total. The highest BCUT2D eigenvalue weighted by molar-refractivity contribution is 6.06. The van der Waals surface area contributed by atoms with Crippen molar-refractivity contribution in [3.63, 3.8) is 0 Å². The Balaban J connectivity index is 1.56. The van der Waals surface area contributed by atoms with Crippen LogP contribution in [0.15, 0.2) is 67.1 Å². The van der Waals surface area contributed by atoms with E-state index in [1.54, 1.807) is 23.2 Å². The summed E-state index contributed by atoms with van der Waals surface area (Å²) in [6, 6.07) is 17.7. The highest BCUT2D eigenvalue weighted by Crippen LogP contribution is 2.31. The first-order valence-corrected chi connectivity index (χ1v) is 11.1. The SMILES string of the molecule is N#C/C(=C\c1cccc2cnccc12)c1cn(C(=O)C2CCN(C(=O)O)CC2)c2ccccc12. The molecule has 7 heteroatoms. The number of nitriles is 1. The summed E-state index contributed by atoms with van der Waals surface area (Å²) in [4.78, 5) is 30.2. The standard InChI is InChI=1S/C27H22N4O3/c28-15-21(14-19-4-3-5-20-16-29-11-8-22(19)20)24-17-31(25-7-2-1-6-23(24)25)26(32)18-9-12-30(13-10-18)27(33)34/h1-8,11,14,16-18H,9-10,12-13H2,(H,33,34)/b21-14+. The molecule has 0 atom stereocenters. The van der Waals surface area contributed by atoms with Crippen LogP contribution in [-0.2, 0) is 0 Å². The van der Waals surface area contributed by atoms with Crippen LogP contribution in [0.3, 0.4) is 0 Å². The first-order chi connectivity index (χ1) is 16.6. The number of hydrogen-bond donors (Lipinski definition) is 1. The molecule has 4 aromatic rings. The number of likely N-dealkylation sites (tertiary alicyclic amines) is 1. The number of para-hydroxylation sites is 1. The first kappa shape index (κ1) is 21.4. The maximum atomic E-state index is 13.4. The Labute approximate surface area is 196 Å². The second kappa shape index (κ2) is 8.83.